The van der Waals surface area contributed by atoms with Crippen molar-refractivity contribution in [1.82, 2.24) is 19.3 Å². The lowest BCUT2D eigenvalue weighted by Crippen LogP contribution is -2.25. The van der Waals surface area contributed by atoms with Gasteiger partial charge in [-0.15, -0.1) is 0 Å². The third kappa shape index (κ3) is 3.34. The Morgan fingerprint density at radius 2 is 2.10 bits per heavy atom. The maximum absolute atomic E-state index is 12.2. The van der Waals surface area contributed by atoms with Gasteiger partial charge in [0.25, 0.3) is 0 Å². The number of nitrogens with one attached hydrogen (secondary N) is 2. The molecule has 2 rings (SSSR count). The Labute approximate surface area is 118 Å². The van der Waals surface area contributed by atoms with Gasteiger partial charge in [-0.3, -0.25) is 0 Å². The van der Waals surface area contributed by atoms with Crippen LogP contribution in [0.2, 0.25) is 0 Å². The summed E-state index contributed by atoms with van der Waals surface area (Å²) in [6, 6.07) is 2.96. The minimum atomic E-state index is -3.58. The first-order valence-corrected chi connectivity index (χ1v) is 7.67. The minimum Gasteiger partial charge on any atom is -0.370 e. The number of aromatic nitrogens is 3. The summed E-state index contributed by atoms with van der Waals surface area (Å²) in [5, 5.41) is 2.98. The van der Waals surface area contributed by atoms with E-state index in [4.69, 9.17) is 0 Å². The van der Waals surface area contributed by atoms with Gasteiger partial charge in [0.1, 0.15) is 11.6 Å². The van der Waals surface area contributed by atoms with E-state index < -0.39 is 10.0 Å². The molecule has 2 N–H and O–H groups in total. The number of sulfonamides is 1. The highest BCUT2D eigenvalue weighted by Crippen LogP contribution is 2.12. The van der Waals surface area contributed by atoms with Crippen molar-refractivity contribution < 1.29 is 8.42 Å². The van der Waals surface area contributed by atoms with Crippen LogP contribution in [0.4, 0.5) is 5.82 Å². The monoisotopic (exact) mass is 295 g/mol. The molecule has 0 spiro atoms. The number of imidazole rings is 1. The molecule has 0 radical (unpaired) electrons. The summed E-state index contributed by atoms with van der Waals surface area (Å²) >= 11 is 0. The van der Waals surface area contributed by atoms with Gasteiger partial charge < -0.3 is 9.88 Å². The Kier molecular flexibility index (Phi) is 4.35. The SMILES string of the molecule is CCNc1cc(S(=O)(=O)NCc2nccn2C)ccn1. The predicted octanol–water partition coefficient (Wildman–Crippen LogP) is 0.725. The van der Waals surface area contributed by atoms with Gasteiger partial charge in [-0.25, -0.2) is 23.1 Å². The fraction of sp³-hybridized carbons (Fsp3) is 0.333. The van der Waals surface area contributed by atoms with Crippen LogP contribution < -0.4 is 10.0 Å². The zero-order valence-electron chi connectivity index (χ0n) is 11.4. The molecule has 2 aromatic heterocycles. The molecule has 0 saturated carbocycles. The van der Waals surface area contributed by atoms with E-state index in [0.29, 0.717) is 18.2 Å². The molecule has 0 amide bonds. The van der Waals surface area contributed by atoms with Gasteiger partial charge in [-0.05, 0) is 13.0 Å². The minimum absolute atomic E-state index is 0.144. The van der Waals surface area contributed by atoms with Crippen LogP contribution >= 0.6 is 0 Å². The molecule has 7 nitrogen and oxygen atoms in total. The second kappa shape index (κ2) is 6.02. The number of anilines is 1. The number of aryl methyl sites for hydroxylation is 1. The summed E-state index contributed by atoms with van der Waals surface area (Å²) in [6.07, 6.45) is 4.85. The van der Waals surface area contributed by atoms with E-state index in [0.717, 1.165) is 0 Å². The Morgan fingerprint density at radius 1 is 1.30 bits per heavy atom. The highest BCUT2D eigenvalue weighted by Gasteiger charge is 2.15. The van der Waals surface area contributed by atoms with Gasteiger partial charge in [-0.2, -0.15) is 0 Å². The van der Waals surface area contributed by atoms with Crippen molar-refractivity contribution in [3.8, 4) is 0 Å². The molecule has 0 saturated heterocycles. The van der Waals surface area contributed by atoms with Gasteiger partial charge in [0, 0.05) is 38.2 Å². The average Bonchev–Trinajstić information content (AvgIpc) is 2.83. The lowest BCUT2D eigenvalue weighted by atomic mass is 10.4. The molecule has 2 aromatic rings. The fourth-order valence-electron chi connectivity index (χ4n) is 1.67. The normalized spacial score (nSPS) is 11.5. The number of hydrogen-bond acceptors (Lipinski definition) is 5. The summed E-state index contributed by atoms with van der Waals surface area (Å²) in [6.45, 7) is 2.74. The smallest absolute Gasteiger partial charge is 0.241 e. The second-order valence-corrected chi connectivity index (χ2v) is 5.95. The van der Waals surface area contributed by atoms with E-state index >= 15 is 0 Å². The number of pyridine rings is 1. The molecule has 0 unspecified atom stereocenters. The van der Waals surface area contributed by atoms with Crippen LogP contribution in [0.15, 0.2) is 35.6 Å². The summed E-state index contributed by atoms with van der Waals surface area (Å²) in [4.78, 5) is 8.30. The van der Waals surface area contributed by atoms with Gasteiger partial charge in [0.05, 0.1) is 11.4 Å². The van der Waals surface area contributed by atoms with Crippen molar-refractivity contribution in [3.63, 3.8) is 0 Å². The molecular weight excluding hydrogens is 278 g/mol. The third-order valence-corrected chi connectivity index (χ3v) is 4.14. The molecule has 8 heteroatoms. The third-order valence-electron chi connectivity index (χ3n) is 2.74. The first-order valence-electron chi connectivity index (χ1n) is 6.18. The highest BCUT2D eigenvalue weighted by molar-refractivity contribution is 7.89. The van der Waals surface area contributed by atoms with Crippen LogP contribution in [0.5, 0.6) is 0 Å². The molecular formula is C12H17N5O2S. The van der Waals surface area contributed by atoms with Crippen molar-refractivity contribution in [2.45, 2.75) is 18.4 Å². The summed E-state index contributed by atoms with van der Waals surface area (Å²) in [5.41, 5.74) is 0. The maximum atomic E-state index is 12.2. The largest absolute Gasteiger partial charge is 0.370 e. The Balaban J connectivity index is 2.14. The zero-order chi connectivity index (χ0) is 14.6. The highest BCUT2D eigenvalue weighted by atomic mass is 32.2. The van der Waals surface area contributed by atoms with E-state index in [1.54, 1.807) is 17.0 Å². The van der Waals surface area contributed by atoms with Crippen molar-refractivity contribution >= 4 is 15.8 Å². The van der Waals surface area contributed by atoms with E-state index in [1.807, 2.05) is 14.0 Å². The zero-order valence-corrected chi connectivity index (χ0v) is 12.2. The van der Waals surface area contributed by atoms with Crippen LogP contribution in [0.3, 0.4) is 0 Å². The van der Waals surface area contributed by atoms with E-state index in [-0.39, 0.29) is 11.4 Å². The van der Waals surface area contributed by atoms with Crippen molar-refractivity contribution in [1.29, 1.82) is 0 Å². The summed E-state index contributed by atoms with van der Waals surface area (Å²) in [7, 11) is -1.77. The van der Waals surface area contributed by atoms with Crippen molar-refractivity contribution in [2.24, 2.45) is 7.05 Å². The quantitative estimate of drug-likeness (QED) is 0.820. The lowest BCUT2D eigenvalue weighted by molar-refractivity contribution is 0.577. The predicted molar refractivity (Wildman–Crippen MR) is 75.6 cm³/mol. The van der Waals surface area contributed by atoms with Gasteiger partial charge in [-0.1, -0.05) is 0 Å². The number of hydrogen-bond donors (Lipinski definition) is 2. The van der Waals surface area contributed by atoms with Crippen LogP contribution in [0, 0.1) is 0 Å². The van der Waals surface area contributed by atoms with Crippen LogP contribution in [-0.4, -0.2) is 29.5 Å². The second-order valence-electron chi connectivity index (χ2n) is 4.19. The maximum Gasteiger partial charge on any atom is 0.241 e. The molecule has 0 fully saturated rings. The summed E-state index contributed by atoms with van der Waals surface area (Å²) < 4.78 is 28.7. The van der Waals surface area contributed by atoms with Crippen molar-refractivity contribution in [3.05, 3.63) is 36.5 Å². The molecule has 0 atom stereocenters. The van der Waals surface area contributed by atoms with Crippen LogP contribution in [-0.2, 0) is 23.6 Å². The fourth-order valence-corrected chi connectivity index (χ4v) is 2.66. The standard InChI is InChI=1S/C12H17N5O2S/c1-3-13-11-8-10(4-5-14-11)20(18,19)16-9-12-15-6-7-17(12)2/h4-8,16H,3,9H2,1-2H3,(H,13,14). The molecule has 0 aliphatic heterocycles. The van der Waals surface area contributed by atoms with Crippen LogP contribution in [0.1, 0.15) is 12.7 Å². The molecule has 20 heavy (non-hydrogen) atoms. The van der Waals surface area contributed by atoms with E-state index in [2.05, 4.69) is 20.0 Å². The molecule has 0 aliphatic rings. The van der Waals surface area contributed by atoms with E-state index in [9.17, 15) is 8.42 Å². The molecule has 108 valence electrons. The molecule has 0 aromatic carbocycles. The Morgan fingerprint density at radius 3 is 2.75 bits per heavy atom. The Hall–Kier alpha value is -1.93. The van der Waals surface area contributed by atoms with E-state index in [1.165, 1.54) is 18.3 Å². The van der Waals surface area contributed by atoms with Gasteiger partial charge in [0.15, 0.2) is 0 Å². The van der Waals surface area contributed by atoms with Crippen LogP contribution in [0.25, 0.3) is 0 Å². The molecule has 0 bridgehead atoms. The molecule has 2 heterocycles. The van der Waals surface area contributed by atoms with Crippen molar-refractivity contribution in [2.75, 3.05) is 11.9 Å². The first-order chi connectivity index (χ1) is 9.53. The number of nitrogens with zero attached hydrogens (tertiary/aromatic N) is 3. The first kappa shape index (κ1) is 14.5. The lowest BCUT2D eigenvalue weighted by Gasteiger charge is -2.08. The van der Waals surface area contributed by atoms with Gasteiger partial charge >= 0.3 is 0 Å². The topological polar surface area (TPSA) is 88.9 Å². The number of rotatable bonds is 6. The Bertz CT molecular complexity index is 681. The van der Waals surface area contributed by atoms with Gasteiger partial charge in [0.2, 0.25) is 10.0 Å². The average molecular weight is 295 g/mol. The molecule has 0 aliphatic carbocycles. The summed E-state index contributed by atoms with van der Waals surface area (Å²) in [5.74, 6) is 1.18.